The van der Waals surface area contributed by atoms with Crippen molar-refractivity contribution < 1.29 is 29.4 Å². The Hall–Kier alpha value is -2.44. The Morgan fingerprint density at radius 1 is 1.03 bits per heavy atom. The van der Waals surface area contributed by atoms with Crippen LogP contribution in [0.3, 0.4) is 0 Å². The van der Waals surface area contributed by atoms with E-state index in [-0.39, 0.29) is 24.3 Å². The molecule has 4 unspecified atom stereocenters. The fourth-order valence-corrected chi connectivity index (χ4v) is 3.23. The minimum absolute atomic E-state index is 0.0530. The van der Waals surface area contributed by atoms with Crippen LogP contribution in [0.4, 0.5) is 0 Å². The molecule has 0 saturated heterocycles. The summed E-state index contributed by atoms with van der Waals surface area (Å²) in [6.45, 7) is 1.32. The van der Waals surface area contributed by atoms with Crippen LogP contribution in [0, 0.1) is 0 Å². The summed E-state index contributed by atoms with van der Waals surface area (Å²) in [5.74, 6) is -2.37. The molecule has 0 heterocycles. The van der Waals surface area contributed by atoms with Gasteiger partial charge >= 0.3 is 5.97 Å². The molecule has 1 aromatic carbocycles. The van der Waals surface area contributed by atoms with Crippen molar-refractivity contribution in [1.82, 2.24) is 16.0 Å². The number of aromatic hydroxyl groups is 1. The minimum atomic E-state index is -1.20. The van der Waals surface area contributed by atoms with Gasteiger partial charge in [-0.05, 0) is 43.0 Å². The number of carboxylic acid groups (broad SMARTS) is 1. The third kappa shape index (κ3) is 9.37. The molecule has 0 aliphatic rings. The molecule has 0 aliphatic heterocycles. The number of carboxylic acids is 1. The number of carbonyl (C=O) groups excluding carboxylic acids is 3. The van der Waals surface area contributed by atoms with Crippen molar-refractivity contribution in [3.8, 4) is 5.75 Å². The third-order valence-electron chi connectivity index (χ3n) is 4.52. The van der Waals surface area contributed by atoms with E-state index in [9.17, 15) is 24.3 Å². The van der Waals surface area contributed by atoms with Crippen LogP contribution in [0.25, 0.3) is 0 Å². The number of carbonyl (C=O) groups is 4. The van der Waals surface area contributed by atoms with E-state index in [1.807, 2.05) is 6.26 Å². The lowest BCUT2D eigenvalue weighted by Gasteiger charge is -2.24. The van der Waals surface area contributed by atoms with Gasteiger partial charge in [0.25, 0.3) is 0 Å². The lowest BCUT2D eigenvalue weighted by molar-refractivity contribution is -0.141. The first kappa shape index (κ1) is 27.6. The van der Waals surface area contributed by atoms with Crippen molar-refractivity contribution in [2.45, 2.75) is 43.9 Å². The van der Waals surface area contributed by atoms with Crippen molar-refractivity contribution in [3.63, 3.8) is 0 Å². The summed E-state index contributed by atoms with van der Waals surface area (Å²) in [5, 5.41) is 26.0. The Morgan fingerprint density at radius 2 is 1.59 bits per heavy atom. The molecule has 1 aromatic rings. The number of aliphatic carboxylic acids is 1. The second-order valence-corrected chi connectivity index (χ2v) is 8.48. The fraction of sp³-hybridized carbons (Fsp3) is 0.500. The summed E-state index contributed by atoms with van der Waals surface area (Å²) in [6.07, 6.45) is 2.18. The molecule has 12 heteroatoms. The van der Waals surface area contributed by atoms with E-state index in [4.69, 9.17) is 10.8 Å². The van der Waals surface area contributed by atoms with Gasteiger partial charge in [-0.25, -0.2) is 0 Å². The van der Waals surface area contributed by atoms with Gasteiger partial charge in [0, 0.05) is 12.2 Å². The summed E-state index contributed by atoms with van der Waals surface area (Å²) in [7, 11) is 0. The largest absolute Gasteiger partial charge is 0.508 e. The monoisotopic (exact) mass is 486 g/mol. The Balaban J connectivity index is 3.03. The highest BCUT2D eigenvalue weighted by Crippen LogP contribution is 2.12. The van der Waals surface area contributed by atoms with Gasteiger partial charge in [-0.1, -0.05) is 12.1 Å². The Kier molecular flexibility index (Phi) is 12.0. The number of nitrogens with two attached hydrogens (primary N) is 1. The van der Waals surface area contributed by atoms with E-state index in [1.54, 1.807) is 12.1 Å². The fourth-order valence-electron chi connectivity index (χ4n) is 2.59. The van der Waals surface area contributed by atoms with Gasteiger partial charge in [-0.2, -0.15) is 24.4 Å². The number of benzene rings is 1. The van der Waals surface area contributed by atoms with Crippen LogP contribution in [0.5, 0.6) is 5.75 Å². The number of hydrogen-bond donors (Lipinski definition) is 7. The number of hydrogen-bond acceptors (Lipinski definition) is 8. The smallest absolute Gasteiger partial charge is 0.325 e. The molecule has 0 radical (unpaired) electrons. The highest BCUT2D eigenvalue weighted by atomic mass is 32.2. The quantitative estimate of drug-likeness (QED) is 0.183. The Morgan fingerprint density at radius 3 is 2.12 bits per heavy atom. The summed E-state index contributed by atoms with van der Waals surface area (Å²) >= 11 is 5.45. The van der Waals surface area contributed by atoms with E-state index >= 15 is 0 Å². The van der Waals surface area contributed by atoms with Crippen LogP contribution < -0.4 is 21.7 Å². The van der Waals surface area contributed by atoms with Crippen molar-refractivity contribution in [1.29, 1.82) is 0 Å². The molecule has 0 saturated carbocycles. The maximum Gasteiger partial charge on any atom is 0.325 e. The summed E-state index contributed by atoms with van der Waals surface area (Å²) in [6, 6.07) is 2.01. The van der Waals surface area contributed by atoms with Crippen LogP contribution in [0.15, 0.2) is 24.3 Å². The third-order valence-corrected chi connectivity index (χ3v) is 5.55. The predicted octanol–water partition coefficient (Wildman–Crippen LogP) is -0.496. The lowest BCUT2D eigenvalue weighted by atomic mass is 10.0. The predicted molar refractivity (Wildman–Crippen MR) is 126 cm³/mol. The second-order valence-electron chi connectivity index (χ2n) is 7.13. The molecule has 0 spiro atoms. The molecule has 4 atom stereocenters. The highest BCUT2D eigenvalue weighted by molar-refractivity contribution is 7.98. The molecular formula is C20H30N4O6S2. The van der Waals surface area contributed by atoms with E-state index < -0.39 is 47.9 Å². The van der Waals surface area contributed by atoms with E-state index in [2.05, 4.69) is 28.6 Å². The van der Waals surface area contributed by atoms with Crippen molar-refractivity contribution in [2.24, 2.45) is 5.73 Å². The molecule has 10 nitrogen and oxygen atoms in total. The molecular weight excluding hydrogens is 456 g/mol. The van der Waals surface area contributed by atoms with Crippen molar-refractivity contribution in [2.75, 3.05) is 17.8 Å². The SMILES string of the molecule is CSCCC(NC(=O)C(Cc1ccc(O)cc1)NC(=O)C(N)CS)C(=O)NC(C)C(=O)O. The van der Waals surface area contributed by atoms with Gasteiger partial charge in [-0.15, -0.1) is 0 Å². The minimum Gasteiger partial charge on any atom is -0.508 e. The normalized spacial score (nSPS) is 14.5. The van der Waals surface area contributed by atoms with Crippen LogP contribution in [0.2, 0.25) is 0 Å². The molecule has 7 N–H and O–H groups in total. The first-order valence-corrected chi connectivity index (χ1v) is 11.9. The molecule has 1 rings (SSSR count). The molecule has 32 heavy (non-hydrogen) atoms. The molecule has 3 amide bonds. The molecule has 0 fully saturated rings. The first-order chi connectivity index (χ1) is 15.1. The van der Waals surface area contributed by atoms with E-state index in [0.29, 0.717) is 11.3 Å². The zero-order valence-electron chi connectivity index (χ0n) is 17.9. The van der Waals surface area contributed by atoms with Gasteiger partial charge in [0.1, 0.15) is 23.9 Å². The van der Waals surface area contributed by atoms with Gasteiger partial charge in [-0.3, -0.25) is 19.2 Å². The van der Waals surface area contributed by atoms with Crippen molar-refractivity contribution >= 4 is 48.1 Å². The average molecular weight is 487 g/mol. The van der Waals surface area contributed by atoms with Gasteiger partial charge < -0.3 is 31.9 Å². The number of thioether (sulfide) groups is 1. The lowest BCUT2D eigenvalue weighted by Crippen LogP contribution is -2.57. The Bertz CT molecular complexity index is 793. The topological polar surface area (TPSA) is 171 Å². The average Bonchev–Trinajstić information content (AvgIpc) is 2.76. The van der Waals surface area contributed by atoms with Crippen LogP contribution in [-0.4, -0.2) is 75.8 Å². The molecule has 0 aromatic heterocycles. The first-order valence-electron chi connectivity index (χ1n) is 9.86. The van der Waals surface area contributed by atoms with Crippen LogP contribution in [-0.2, 0) is 25.6 Å². The zero-order chi connectivity index (χ0) is 24.3. The van der Waals surface area contributed by atoms with Gasteiger partial charge in [0.05, 0.1) is 6.04 Å². The standard InChI is InChI=1S/C20H30N4O6S2/c1-11(20(29)30)22-18(27)15(7-8-32-2)23-19(28)16(24-17(26)14(21)10-31)9-12-3-5-13(25)6-4-12/h3-6,11,14-16,25,31H,7-10,21H2,1-2H3,(H,22,27)(H,23,28)(H,24,26)(H,29,30). The van der Waals surface area contributed by atoms with Crippen molar-refractivity contribution in [3.05, 3.63) is 29.8 Å². The molecule has 178 valence electrons. The van der Waals surface area contributed by atoms with Gasteiger partial charge in [0.2, 0.25) is 17.7 Å². The number of rotatable bonds is 13. The molecule has 0 aliphatic carbocycles. The number of phenols is 1. The van der Waals surface area contributed by atoms with E-state index in [1.165, 1.54) is 30.8 Å². The van der Waals surface area contributed by atoms with E-state index in [0.717, 1.165) is 0 Å². The summed E-state index contributed by atoms with van der Waals surface area (Å²) in [4.78, 5) is 48.9. The highest BCUT2D eigenvalue weighted by Gasteiger charge is 2.29. The van der Waals surface area contributed by atoms with Crippen LogP contribution >= 0.6 is 24.4 Å². The zero-order valence-corrected chi connectivity index (χ0v) is 19.6. The second kappa shape index (κ2) is 13.9. The number of nitrogens with one attached hydrogen (secondary N) is 3. The summed E-state index contributed by atoms with van der Waals surface area (Å²) in [5.41, 5.74) is 6.36. The number of thiol groups is 1. The number of phenolic OH excluding ortho intramolecular Hbond substituents is 1. The van der Waals surface area contributed by atoms with Crippen LogP contribution in [0.1, 0.15) is 18.9 Å². The van der Waals surface area contributed by atoms with Gasteiger partial charge in [0.15, 0.2) is 0 Å². The maximum absolute atomic E-state index is 13.0. The molecule has 0 bridgehead atoms. The number of amides is 3. The Labute approximate surface area is 196 Å². The summed E-state index contributed by atoms with van der Waals surface area (Å²) < 4.78 is 0. The maximum atomic E-state index is 13.0.